The lowest BCUT2D eigenvalue weighted by molar-refractivity contribution is -0.136. The van der Waals surface area contributed by atoms with E-state index in [1.54, 1.807) is 18.7 Å². The summed E-state index contributed by atoms with van der Waals surface area (Å²) in [5.41, 5.74) is 2.11. The van der Waals surface area contributed by atoms with Crippen LogP contribution in [-0.4, -0.2) is 53.7 Å². The summed E-state index contributed by atoms with van der Waals surface area (Å²) in [4.78, 5) is 25.5. The fraction of sp³-hybridized carbons (Fsp3) is 0.615. The van der Waals surface area contributed by atoms with E-state index in [1.807, 2.05) is 25.9 Å². The molecular formula is C13H23N5O2. The molecule has 2 N–H and O–H groups in total. The van der Waals surface area contributed by atoms with Crippen LogP contribution in [0.25, 0.3) is 0 Å². The maximum absolute atomic E-state index is 11.8. The molecule has 0 fully saturated rings. The molecule has 0 atom stereocenters. The van der Waals surface area contributed by atoms with Crippen LogP contribution in [0.4, 0.5) is 5.69 Å². The molecule has 2 amide bonds. The van der Waals surface area contributed by atoms with Crippen LogP contribution in [0.15, 0.2) is 0 Å². The van der Waals surface area contributed by atoms with Crippen LogP contribution in [0, 0.1) is 13.8 Å². The highest BCUT2D eigenvalue weighted by molar-refractivity contribution is 6.39. The first-order chi connectivity index (χ1) is 9.32. The molecule has 1 aromatic rings. The van der Waals surface area contributed by atoms with E-state index in [0.717, 1.165) is 18.7 Å². The molecule has 1 heterocycles. The summed E-state index contributed by atoms with van der Waals surface area (Å²) >= 11 is 0. The van der Waals surface area contributed by atoms with Crippen LogP contribution in [-0.2, 0) is 16.6 Å². The van der Waals surface area contributed by atoms with Gasteiger partial charge in [-0.2, -0.15) is 5.10 Å². The minimum absolute atomic E-state index is 0.482. The Hall–Kier alpha value is -1.89. The molecule has 0 saturated heterocycles. The van der Waals surface area contributed by atoms with Gasteiger partial charge in [0.05, 0.1) is 17.1 Å². The van der Waals surface area contributed by atoms with E-state index in [4.69, 9.17) is 0 Å². The normalized spacial score (nSPS) is 10.7. The summed E-state index contributed by atoms with van der Waals surface area (Å²) in [5, 5.41) is 9.39. The maximum Gasteiger partial charge on any atom is 0.313 e. The van der Waals surface area contributed by atoms with Gasteiger partial charge in [0.2, 0.25) is 0 Å². The van der Waals surface area contributed by atoms with Gasteiger partial charge in [0.1, 0.15) is 0 Å². The van der Waals surface area contributed by atoms with Crippen molar-refractivity contribution < 1.29 is 9.59 Å². The van der Waals surface area contributed by atoms with E-state index >= 15 is 0 Å². The molecule has 1 rings (SSSR count). The van der Waals surface area contributed by atoms with Crippen molar-refractivity contribution in [2.45, 2.75) is 20.3 Å². The van der Waals surface area contributed by atoms with Crippen molar-refractivity contribution in [2.24, 2.45) is 7.05 Å². The number of aryl methyl sites for hydroxylation is 2. The number of aromatic nitrogens is 2. The minimum Gasteiger partial charge on any atom is -0.348 e. The maximum atomic E-state index is 11.8. The summed E-state index contributed by atoms with van der Waals surface area (Å²) in [7, 11) is 5.71. The topological polar surface area (TPSA) is 79.3 Å². The molecule has 0 saturated carbocycles. The third-order valence-corrected chi connectivity index (χ3v) is 3.02. The Morgan fingerprint density at radius 1 is 1.25 bits per heavy atom. The van der Waals surface area contributed by atoms with Gasteiger partial charge in [0, 0.05) is 13.6 Å². The summed E-state index contributed by atoms with van der Waals surface area (Å²) in [6.45, 7) is 4.97. The molecular weight excluding hydrogens is 258 g/mol. The molecule has 0 aromatic carbocycles. The minimum atomic E-state index is -0.658. The van der Waals surface area contributed by atoms with Gasteiger partial charge in [-0.15, -0.1) is 0 Å². The van der Waals surface area contributed by atoms with Crippen LogP contribution in [0.2, 0.25) is 0 Å². The number of rotatable bonds is 5. The first-order valence-corrected chi connectivity index (χ1v) is 6.57. The van der Waals surface area contributed by atoms with Gasteiger partial charge >= 0.3 is 11.8 Å². The SMILES string of the molecule is Cc1nn(C)c(C)c1NC(=O)C(=O)NCCCN(C)C. The van der Waals surface area contributed by atoms with Gasteiger partial charge in [-0.05, 0) is 40.9 Å². The van der Waals surface area contributed by atoms with Crippen molar-refractivity contribution in [3.63, 3.8) is 0 Å². The molecule has 0 aliphatic heterocycles. The van der Waals surface area contributed by atoms with E-state index in [-0.39, 0.29) is 0 Å². The Kier molecular flexibility index (Phi) is 5.69. The fourth-order valence-electron chi connectivity index (χ4n) is 1.80. The van der Waals surface area contributed by atoms with Gasteiger partial charge in [0.25, 0.3) is 0 Å². The van der Waals surface area contributed by atoms with Gasteiger partial charge in [-0.3, -0.25) is 14.3 Å². The van der Waals surface area contributed by atoms with Crippen molar-refractivity contribution in [1.82, 2.24) is 20.0 Å². The van der Waals surface area contributed by atoms with Gasteiger partial charge in [-0.1, -0.05) is 0 Å². The zero-order valence-corrected chi connectivity index (χ0v) is 12.8. The van der Waals surface area contributed by atoms with Crippen molar-refractivity contribution >= 4 is 17.5 Å². The number of amides is 2. The van der Waals surface area contributed by atoms with Crippen molar-refractivity contribution in [3.05, 3.63) is 11.4 Å². The molecule has 0 spiro atoms. The summed E-state index contributed by atoms with van der Waals surface area (Å²) in [6.07, 6.45) is 0.803. The zero-order valence-electron chi connectivity index (χ0n) is 12.8. The third-order valence-electron chi connectivity index (χ3n) is 3.02. The lowest BCUT2D eigenvalue weighted by atomic mass is 10.3. The van der Waals surface area contributed by atoms with E-state index < -0.39 is 11.8 Å². The summed E-state index contributed by atoms with van der Waals surface area (Å²) < 4.78 is 1.67. The van der Waals surface area contributed by atoms with Crippen molar-refractivity contribution in [2.75, 3.05) is 32.5 Å². The van der Waals surface area contributed by atoms with Crippen LogP contribution in [0.1, 0.15) is 17.8 Å². The summed E-state index contributed by atoms with van der Waals surface area (Å²) in [6, 6.07) is 0. The largest absolute Gasteiger partial charge is 0.348 e. The van der Waals surface area contributed by atoms with E-state index in [9.17, 15) is 9.59 Å². The number of hydrogen-bond acceptors (Lipinski definition) is 4. The number of nitrogens with zero attached hydrogens (tertiary/aromatic N) is 3. The molecule has 7 heteroatoms. The molecule has 1 aromatic heterocycles. The molecule has 7 nitrogen and oxygen atoms in total. The van der Waals surface area contributed by atoms with E-state index in [2.05, 4.69) is 15.7 Å². The average Bonchev–Trinajstić information content (AvgIpc) is 2.60. The Morgan fingerprint density at radius 3 is 2.40 bits per heavy atom. The van der Waals surface area contributed by atoms with Gasteiger partial charge < -0.3 is 15.5 Å². The highest BCUT2D eigenvalue weighted by atomic mass is 16.2. The lowest BCUT2D eigenvalue weighted by Crippen LogP contribution is -2.36. The van der Waals surface area contributed by atoms with Gasteiger partial charge in [-0.25, -0.2) is 0 Å². The molecule has 0 unspecified atom stereocenters. The second-order valence-corrected chi connectivity index (χ2v) is 5.04. The highest BCUT2D eigenvalue weighted by Crippen LogP contribution is 2.17. The second-order valence-electron chi connectivity index (χ2n) is 5.04. The fourth-order valence-corrected chi connectivity index (χ4v) is 1.80. The van der Waals surface area contributed by atoms with Crippen molar-refractivity contribution in [1.29, 1.82) is 0 Å². The number of carbonyl (C=O) groups excluding carboxylic acids is 2. The Labute approximate surface area is 119 Å². The van der Waals surface area contributed by atoms with E-state index in [0.29, 0.717) is 17.9 Å². The first kappa shape index (κ1) is 16.2. The predicted molar refractivity (Wildman–Crippen MR) is 77.5 cm³/mol. The molecule has 0 aliphatic carbocycles. The second kappa shape index (κ2) is 7.04. The van der Waals surface area contributed by atoms with Gasteiger partial charge in [0.15, 0.2) is 0 Å². The molecule has 0 aliphatic rings. The number of anilines is 1. The highest BCUT2D eigenvalue weighted by Gasteiger charge is 2.17. The molecule has 0 bridgehead atoms. The Balaban J connectivity index is 2.48. The quantitative estimate of drug-likeness (QED) is 0.590. The van der Waals surface area contributed by atoms with Crippen LogP contribution in [0.5, 0.6) is 0 Å². The zero-order chi connectivity index (χ0) is 15.3. The van der Waals surface area contributed by atoms with Crippen LogP contribution in [0.3, 0.4) is 0 Å². The monoisotopic (exact) mass is 281 g/mol. The standard InChI is InChI=1S/C13H23N5O2/c1-9-11(10(2)18(5)16-9)15-13(20)12(19)14-7-6-8-17(3)4/h6-8H2,1-5H3,(H,14,19)(H,15,20). The molecule has 0 radical (unpaired) electrons. The first-order valence-electron chi connectivity index (χ1n) is 6.57. The van der Waals surface area contributed by atoms with E-state index in [1.165, 1.54) is 0 Å². The predicted octanol–water partition coefficient (Wildman–Crippen LogP) is 0.0433. The average molecular weight is 281 g/mol. The number of hydrogen-bond donors (Lipinski definition) is 2. The van der Waals surface area contributed by atoms with Crippen LogP contribution < -0.4 is 10.6 Å². The Morgan fingerprint density at radius 2 is 1.90 bits per heavy atom. The number of carbonyl (C=O) groups is 2. The Bertz CT molecular complexity index is 493. The van der Waals surface area contributed by atoms with Crippen LogP contribution >= 0.6 is 0 Å². The molecule has 112 valence electrons. The van der Waals surface area contributed by atoms with Crippen molar-refractivity contribution in [3.8, 4) is 0 Å². The molecule has 20 heavy (non-hydrogen) atoms. The lowest BCUT2D eigenvalue weighted by Gasteiger charge is -2.10. The smallest absolute Gasteiger partial charge is 0.313 e. The summed E-state index contributed by atoms with van der Waals surface area (Å²) in [5.74, 6) is -1.28. The third kappa shape index (κ3) is 4.34. The number of nitrogens with one attached hydrogen (secondary N) is 2.